The fraction of sp³-hybridized carbons (Fsp3) is 1.00. The van der Waals surface area contributed by atoms with Crippen LogP contribution in [0.2, 0.25) is 0 Å². The second-order valence-electron chi connectivity index (χ2n) is 5.88. The van der Waals surface area contributed by atoms with Gasteiger partial charge in [0.1, 0.15) is 0 Å². The van der Waals surface area contributed by atoms with Crippen LogP contribution >= 0.6 is 11.8 Å². The molecule has 0 saturated carbocycles. The minimum Gasteiger partial charge on any atom is -0.312 e. The summed E-state index contributed by atoms with van der Waals surface area (Å²) >= 11 is 1.96. The van der Waals surface area contributed by atoms with Gasteiger partial charge in [0.15, 0.2) is 0 Å². The Balaban J connectivity index is 3.59. The molecule has 1 unspecified atom stereocenters. The maximum Gasteiger partial charge on any atom is 0.0180 e. The molecule has 1 atom stereocenters. The molecular formula is C14H32N2S. The minimum absolute atomic E-state index is 0.261. The molecule has 104 valence electrons. The van der Waals surface area contributed by atoms with Crippen LogP contribution in [0.4, 0.5) is 0 Å². The summed E-state index contributed by atoms with van der Waals surface area (Å²) in [7, 11) is 2.27. The number of thioether (sulfide) groups is 1. The monoisotopic (exact) mass is 260 g/mol. The van der Waals surface area contributed by atoms with E-state index in [9.17, 15) is 0 Å². The Morgan fingerprint density at radius 3 is 2.35 bits per heavy atom. The van der Waals surface area contributed by atoms with E-state index in [0.717, 1.165) is 12.6 Å². The highest BCUT2D eigenvalue weighted by atomic mass is 32.2. The van der Waals surface area contributed by atoms with Gasteiger partial charge < -0.3 is 10.2 Å². The van der Waals surface area contributed by atoms with E-state index < -0.39 is 0 Å². The molecule has 3 heteroatoms. The fourth-order valence-corrected chi connectivity index (χ4v) is 2.76. The summed E-state index contributed by atoms with van der Waals surface area (Å²) in [5.41, 5.74) is 0.261. The van der Waals surface area contributed by atoms with E-state index >= 15 is 0 Å². The van der Waals surface area contributed by atoms with Gasteiger partial charge in [0.25, 0.3) is 0 Å². The molecule has 0 amide bonds. The zero-order chi connectivity index (χ0) is 13.3. The lowest BCUT2D eigenvalue weighted by Crippen LogP contribution is -2.37. The molecule has 17 heavy (non-hydrogen) atoms. The molecule has 0 bridgehead atoms. The zero-order valence-electron chi connectivity index (χ0n) is 12.7. The standard InChI is InChI=1S/C14H32N2S/c1-7-13(12-17-6)16(5)11-9-8-10-15-14(2,3)4/h13,15H,7-12H2,1-6H3. The lowest BCUT2D eigenvalue weighted by atomic mass is 10.1. The van der Waals surface area contributed by atoms with Gasteiger partial charge in [-0.1, -0.05) is 6.92 Å². The normalized spacial score (nSPS) is 14.3. The molecule has 0 saturated heterocycles. The quantitative estimate of drug-likeness (QED) is 0.641. The Labute approximate surface area is 113 Å². The average molecular weight is 260 g/mol. The predicted molar refractivity (Wildman–Crippen MR) is 82.1 cm³/mol. The SMILES string of the molecule is CCC(CSC)N(C)CCCCNC(C)(C)C. The second kappa shape index (κ2) is 9.23. The summed E-state index contributed by atoms with van der Waals surface area (Å²) in [6, 6.07) is 0.751. The van der Waals surface area contributed by atoms with Crippen LogP contribution in [0.3, 0.4) is 0 Å². The molecule has 2 nitrogen and oxygen atoms in total. The van der Waals surface area contributed by atoms with Crippen molar-refractivity contribution in [2.75, 3.05) is 32.1 Å². The molecule has 0 heterocycles. The smallest absolute Gasteiger partial charge is 0.0180 e. The lowest BCUT2D eigenvalue weighted by molar-refractivity contribution is 0.249. The number of hydrogen-bond acceptors (Lipinski definition) is 3. The lowest BCUT2D eigenvalue weighted by Gasteiger charge is -2.27. The molecule has 1 N–H and O–H groups in total. The summed E-state index contributed by atoms with van der Waals surface area (Å²) in [4.78, 5) is 2.52. The first kappa shape index (κ1) is 17.3. The van der Waals surface area contributed by atoms with Gasteiger partial charge in [-0.25, -0.2) is 0 Å². The molecule has 0 aromatic heterocycles. The van der Waals surface area contributed by atoms with Crippen molar-refractivity contribution < 1.29 is 0 Å². The van der Waals surface area contributed by atoms with Gasteiger partial charge in [-0.15, -0.1) is 0 Å². The fourth-order valence-electron chi connectivity index (χ4n) is 1.88. The van der Waals surface area contributed by atoms with E-state index in [4.69, 9.17) is 0 Å². The third kappa shape index (κ3) is 9.93. The van der Waals surface area contributed by atoms with Crippen LogP contribution in [-0.2, 0) is 0 Å². The number of nitrogens with zero attached hydrogens (tertiary/aromatic N) is 1. The van der Waals surface area contributed by atoms with Crippen LogP contribution in [0.25, 0.3) is 0 Å². The molecule has 0 aliphatic rings. The van der Waals surface area contributed by atoms with E-state index in [-0.39, 0.29) is 5.54 Å². The molecule has 0 rings (SSSR count). The van der Waals surface area contributed by atoms with Crippen molar-refractivity contribution in [2.45, 2.75) is 58.5 Å². The number of rotatable bonds is 9. The molecule has 0 aliphatic heterocycles. The van der Waals surface area contributed by atoms with Crippen molar-refractivity contribution in [1.29, 1.82) is 0 Å². The maximum atomic E-state index is 3.54. The first-order valence-electron chi connectivity index (χ1n) is 6.85. The van der Waals surface area contributed by atoms with Crippen molar-refractivity contribution in [2.24, 2.45) is 0 Å². The van der Waals surface area contributed by atoms with Gasteiger partial charge in [-0.3, -0.25) is 0 Å². The van der Waals surface area contributed by atoms with Gasteiger partial charge in [-0.2, -0.15) is 11.8 Å². The highest BCUT2D eigenvalue weighted by molar-refractivity contribution is 7.98. The minimum atomic E-state index is 0.261. The Morgan fingerprint density at radius 2 is 1.88 bits per heavy atom. The van der Waals surface area contributed by atoms with Crippen LogP contribution in [0.5, 0.6) is 0 Å². The third-order valence-corrected chi connectivity index (χ3v) is 3.76. The highest BCUT2D eigenvalue weighted by Gasteiger charge is 2.11. The third-order valence-electron chi connectivity index (χ3n) is 3.05. The van der Waals surface area contributed by atoms with Gasteiger partial charge in [-0.05, 0) is 66.4 Å². The first-order valence-corrected chi connectivity index (χ1v) is 8.24. The van der Waals surface area contributed by atoms with E-state index in [0.29, 0.717) is 0 Å². The summed E-state index contributed by atoms with van der Waals surface area (Å²) < 4.78 is 0. The number of hydrogen-bond donors (Lipinski definition) is 1. The van der Waals surface area contributed by atoms with Crippen LogP contribution in [0.15, 0.2) is 0 Å². The molecule has 0 fully saturated rings. The van der Waals surface area contributed by atoms with E-state index in [2.05, 4.69) is 51.2 Å². The van der Waals surface area contributed by atoms with Gasteiger partial charge in [0.2, 0.25) is 0 Å². The van der Waals surface area contributed by atoms with Crippen molar-refractivity contribution in [1.82, 2.24) is 10.2 Å². The largest absolute Gasteiger partial charge is 0.312 e. The predicted octanol–water partition coefficient (Wildman–Crippen LogP) is 3.23. The van der Waals surface area contributed by atoms with E-state index in [1.165, 1.54) is 31.6 Å². The molecule has 0 radical (unpaired) electrons. The van der Waals surface area contributed by atoms with Gasteiger partial charge in [0, 0.05) is 17.3 Å². The molecule has 0 aliphatic carbocycles. The molecular weight excluding hydrogens is 228 g/mol. The molecule has 0 spiro atoms. The van der Waals surface area contributed by atoms with Gasteiger partial charge in [0.05, 0.1) is 0 Å². The number of unbranched alkanes of at least 4 members (excludes halogenated alkanes) is 1. The second-order valence-corrected chi connectivity index (χ2v) is 6.79. The Morgan fingerprint density at radius 1 is 1.24 bits per heavy atom. The summed E-state index contributed by atoms with van der Waals surface area (Å²) in [6.45, 7) is 11.3. The molecule has 0 aromatic rings. The Bertz CT molecular complexity index is 178. The Kier molecular flexibility index (Phi) is 9.38. The molecule has 0 aromatic carbocycles. The highest BCUT2D eigenvalue weighted by Crippen LogP contribution is 2.09. The first-order chi connectivity index (χ1) is 7.90. The van der Waals surface area contributed by atoms with Crippen molar-refractivity contribution in [3.8, 4) is 0 Å². The topological polar surface area (TPSA) is 15.3 Å². The van der Waals surface area contributed by atoms with Crippen LogP contribution in [0, 0.1) is 0 Å². The van der Waals surface area contributed by atoms with Crippen molar-refractivity contribution >= 4 is 11.8 Å². The average Bonchev–Trinajstić information content (AvgIpc) is 2.23. The van der Waals surface area contributed by atoms with Gasteiger partial charge >= 0.3 is 0 Å². The van der Waals surface area contributed by atoms with E-state index in [1.807, 2.05) is 11.8 Å². The Hall–Kier alpha value is 0.270. The van der Waals surface area contributed by atoms with Crippen molar-refractivity contribution in [3.05, 3.63) is 0 Å². The van der Waals surface area contributed by atoms with Crippen LogP contribution in [-0.4, -0.2) is 48.6 Å². The summed E-state index contributed by atoms with van der Waals surface area (Å²) in [5.74, 6) is 1.26. The summed E-state index contributed by atoms with van der Waals surface area (Å²) in [5, 5.41) is 3.54. The van der Waals surface area contributed by atoms with E-state index in [1.54, 1.807) is 0 Å². The maximum absolute atomic E-state index is 3.54. The van der Waals surface area contributed by atoms with Crippen molar-refractivity contribution in [3.63, 3.8) is 0 Å². The van der Waals surface area contributed by atoms with Crippen LogP contribution < -0.4 is 5.32 Å². The van der Waals surface area contributed by atoms with Crippen LogP contribution in [0.1, 0.15) is 47.0 Å². The zero-order valence-corrected chi connectivity index (χ0v) is 13.5. The number of nitrogens with one attached hydrogen (secondary N) is 1. The summed E-state index contributed by atoms with van der Waals surface area (Å²) in [6.07, 6.45) is 6.03.